The molecule has 0 aliphatic carbocycles. The van der Waals surface area contributed by atoms with Gasteiger partial charge in [0.05, 0.1) is 0 Å². The van der Waals surface area contributed by atoms with Gasteiger partial charge in [-0.15, -0.1) is 0 Å². The van der Waals surface area contributed by atoms with Crippen molar-refractivity contribution < 1.29 is 9.59 Å². The fourth-order valence-electron chi connectivity index (χ4n) is 3.61. The Morgan fingerprint density at radius 3 is 2.48 bits per heavy atom. The summed E-state index contributed by atoms with van der Waals surface area (Å²) in [4.78, 5) is 29.4. The molecule has 21 heavy (non-hydrogen) atoms. The van der Waals surface area contributed by atoms with Gasteiger partial charge in [-0.3, -0.25) is 9.59 Å². The summed E-state index contributed by atoms with van der Waals surface area (Å²) >= 11 is 0. The molecular weight excluding hydrogens is 266 g/mol. The van der Waals surface area contributed by atoms with E-state index < -0.39 is 5.54 Å². The SMILES string of the molecule is CCC1(CC)NC(=O)CCN(C2CCN(C)C(C)C2)C1=O. The predicted octanol–water partition coefficient (Wildman–Crippen LogP) is 1.38. The number of amides is 2. The van der Waals surface area contributed by atoms with Crippen molar-refractivity contribution in [1.82, 2.24) is 15.1 Å². The van der Waals surface area contributed by atoms with Crippen LogP contribution < -0.4 is 5.32 Å². The van der Waals surface area contributed by atoms with E-state index in [1.165, 1.54) is 0 Å². The number of rotatable bonds is 3. The first-order valence-corrected chi connectivity index (χ1v) is 8.25. The molecular formula is C16H29N3O2. The smallest absolute Gasteiger partial charge is 0.248 e. The van der Waals surface area contributed by atoms with E-state index in [0.717, 1.165) is 19.4 Å². The molecule has 2 aliphatic rings. The molecule has 0 radical (unpaired) electrons. The number of hydrogen-bond donors (Lipinski definition) is 1. The van der Waals surface area contributed by atoms with Crippen molar-refractivity contribution in [2.45, 2.75) is 70.5 Å². The van der Waals surface area contributed by atoms with E-state index in [0.29, 0.717) is 31.8 Å². The minimum atomic E-state index is -0.694. The predicted molar refractivity (Wildman–Crippen MR) is 82.9 cm³/mol. The Hall–Kier alpha value is -1.10. The Labute approximate surface area is 128 Å². The first-order valence-electron chi connectivity index (χ1n) is 8.25. The number of carbonyl (C=O) groups is 2. The first-order chi connectivity index (χ1) is 9.93. The molecule has 2 heterocycles. The van der Waals surface area contributed by atoms with Gasteiger partial charge < -0.3 is 15.1 Å². The van der Waals surface area contributed by atoms with Gasteiger partial charge in [-0.1, -0.05) is 13.8 Å². The van der Waals surface area contributed by atoms with Gasteiger partial charge in [0, 0.05) is 31.6 Å². The van der Waals surface area contributed by atoms with Gasteiger partial charge in [0.25, 0.3) is 0 Å². The summed E-state index contributed by atoms with van der Waals surface area (Å²) in [5, 5.41) is 2.99. The lowest BCUT2D eigenvalue weighted by atomic mass is 9.89. The van der Waals surface area contributed by atoms with Crippen molar-refractivity contribution in [3.05, 3.63) is 0 Å². The molecule has 2 aliphatic heterocycles. The average Bonchev–Trinajstić information content (AvgIpc) is 2.60. The Balaban J connectivity index is 2.22. The van der Waals surface area contributed by atoms with Crippen LogP contribution in [0.25, 0.3) is 0 Å². The van der Waals surface area contributed by atoms with Crippen molar-refractivity contribution in [2.24, 2.45) is 0 Å². The van der Waals surface area contributed by atoms with Gasteiger partial charge in [-0.25, -0.2) is 0 Å². The number of hydrogen-bond acceptors (Lipinski definition) is 3. The maximum absolute atomic E-state index is 13.1. The highest BCUT2D eigenvalue weighted by Crippen LogP contribution is 2.28. The lowest BCUT2D eigenvalue weighted by Gasteiger charge is -2.43. The Morgan fingerprint density at radius 1 is 1.24 bits per heavy atom. The molecule has 0 saturated carbocycles. The third-order valence-corrected chi connectivity index (χ3v) is 5.46. The molecule has 120 valence electrons. The zero-order chi connectivity index (χ0) is 15.6. The summed E-state index contributed by atoms with van der Waals surface area (Å²) in [7, 11) is 2.14. The minimum absolute atomic E-state index is 0.00975. The molecule has 2 saturated heterocycles. The molecule has 2 rings (SSSR count). The number of carbonyl (C=O) groups excluding carboxylic acids is 2. The number of piperidine rings is 1. The van der Waals surface area contributed by atoms with Gasteiger partial charge in [-0.2, -0.15) is 0 Å². The van der Waals surface area contributed by atoms with Crippen LogP contribution in [0.15, 0.2) is 0 Å². The molecule has 0 aromatic rings. The maximum Gasteiger partial charge on any atom is 0.248 e. The van der Waals surface area contributed by atoms with Gasteiger partial charge in [0.2, 0.25) is 11.8 Å². The highest BCUT2D eigenvalue weighted by Gasteiger charge is 2.44. The molecule has 0 spiro atoms. The molecule has 1 N–H and O–H groups in total. The van der Waals surface area contributed by atoms with Crippen LogP contribution in [-0.4, -0.2) is 59.4 Å². The van der Waals surface area contributed by atoms with Gasteiger partial charge in [0.15, 0.2) is 0 Å². The molecule has 0 bridgehead atoms. The van der Waals surface area contributed by atoms with Gasteiger partial charge in [-0.05, 0) is 39.7 Å². The van der Waals surface area contributed by atoms with Crippen molar-refractivity contribution in [3.8, 4) is 0 Å². The zero-order valence-electron chi connectivity index (χ0n) is 13.8. The van der Waals surface area contributed by atoms with Crippen LogP contribution in [0.5, 0.6) is 0 Å². The highest BCUT2D eigenvalue weighted by molar-refractivity contribution is 5.93. The number of likely N-dealkylation sites (tertiary alicyclic amines) is 1. The second-order valence-corrected chi connectivity index (χ2v) is 6.59. The third-order valence-electron chi connectivity index (χ3n) is 5.46. The standard InChI is InChI=1S/C16H29N3O2/c1-5-16(6-2)15(21)19(10-8-14(20)17-16)13-7-9-18(4)12(3)11-13/h12-13H,5-11H2,1-4H3,(H,17,20). The highest BCUT2D eigenvalue weighted by atomic mass is 16.2. The van der Waals surface area contributed by atoms with Crippen molar-refractivity contribution >= 4 is 11.8 Å². The van der Waals surface area contributed by atoms with E-state index in [4.69, 9.17) is 0 Å². The Kier molecular flexibility index (Phi) is 4.91. The van der Waals surface area contributed by atoms with E-state index in [2.05, 4.69) is 24.2 Å². The lowest BCUT2D eigenvalue weighted by molar-refractivity contribution is -0.142. The van der Waals surface area contributed by atoms with Crippen LogP contribution >= 0.6 is 0 Å². The summed E-state index contributed by atoms with van der Waals surface area (Å²) in [5.74, 6) is 0.135. The van der Waals surface area contributed by atoms with E-state index in [1.807, 2.05) is 18.7 Å². The van der Waals surface area contributed by atoms with Crippen LogP contribution in [0.3, 0.4) is 0 Å². The van der Waals surface area contributed by atoms with Crippen LogP contribution in [0.1, 0.15) is 52.9 Å². The molecule has 2 fully saturated rings. The normalized spacial score (nSPS) is 31.0. The second kappa shape index (κ2) is 6.34. The number of nitrogens with zero attached hydrogens (tertiary/aromatic N) is 2. The summed E-state index contributed by atoms with van der Waals surface area (Å²) in [6.45, 7) is 7.77. The van der Waals surface area contributed by atoms with Gasteiger partial charge in [0.1, 0.15) is 5.54 Å². The zero-order valence-corrected chi connectivity index (χ0v) is 13.8. The molecule has 5 heteroatoms. The third kappa shape index (κ3) is 3.07. The topological polar surface area (TPSA) is 52.7 Å². The summed E-state index contributed by atoms with van der Waals surface area (Å²) in [5.41, 5.74) is -0.694. The summed E-state index contributed by atoms with van der Waals surface area (Å²) in [6, 6.07) is 0.759. The van der Waals surface area contributed by atoms with Crippen LogP contribution in [-0.2, 0) is 9.59 Å². The average molecular weight is 295 g/mol. The largest absolute Gasteiger partial charge is 0.342 e. The maximum atomic E-state index is 13.1. The summed E-state index contributed by atoms with van der Waals surface area (Å²) < 4.78 is 0. The van der Waals surface area contributed by atoms with E-state index >= 15 is 0 Å². The molecule has 2 atom stereocenters. The molecule has 0 aromatic carbocycles. The number of nitrogens with one attached hydrogen (secondary N) is 1. The second-order valence-electron chi connectivity index (χ2n) is 6.59. The Morgan fingerprint density at radius 2 is 1.90 bits per heavy atom. The Bertz CT molecular complexity index is 406. The van der Waals surface area contributed by atoms with Crippen LogP contribution in [0, 0.1) is 0 Å². The molecule has 2 unspecified atom stereocenters. The fraction of sp³-hybridized carbons (Fsp3) is 0.875. The van der Waals surface area contributed by atoms with Crippen molar-refractivity contribution in [2.75, 3.05) is 20.1 Å². The monoisotopic (exact) mass is 295 g/mol. The van der Waals surface area contributed by atoms with E-state index in [-0.39, 0.29) is 17.9 Å². The van der Waals surface area contributed by atoms with Crippen molar-refractivity contribution in [3.63, 3.8) is 0 Å². The lowest BCUT2D eigenvalue weighted by Crippen LogP contribution is -2.59. The van der Waals surface area contributed by atoms with E-state index in [1.54, 1.807) is 0 Å². The van der Waals surface area contributed by atoms with Crippen molar-refractivity contribution in [1.29, 1.82) is 0 Å². The summed E-state index contributed by atoms with van der Waals surface area (Å²) in [6.07, 6.45) is 3.75. The van der Waals surface area contributed by atoms with Gasteiger partial charge >= 0.3 is 0 Å². The fourth-order valence-corrected chi connectivity index (χ4v) is 3.61. The molecule has 0 aromatic heterocycles. The van der Waals surface area contributed by atoms with Crippen LogP contribution in [0.4, 0.5) is 0 Å². The minimum Gasteiger partial charge on any atom is -0.342 e. The first kappa shape index (κ1) is 16.3. The molecule has 2 amide bonds. The quantitative estimate of drug-likeness (QED) is 0.856. The van der Waals surface area contributed by atoms with Crippen LogP contribution in [0.2, 0.25) is 0 Å². The van der Waals surface area contributed by atoms with E-state index in [9.17, 15) is 9.59 Å². The molecule has 5 nitrogen and oxygen atoms in total.